The molecule has 0 radical (unpaired) electrons. The van der Waals surface area contributed by atoms with Crippen LogP contribution in [0.2, 0.25) is 0 Å². The number of hydrogen-bond acceptors (Lipinski definition) is 10. The molecule has 1 aromatic rings. The number of Topliss-reactive ketones (excluding diaryl/α,β-unsaturated/α-hetero) is 1. The summed E-state index contributed by atoms with van der Waals surface area (Å²) in [5.74, 6) is -2.61. The summed E-state index contributed by atoms with van der Waals surface area (Å²) in [7, 11) is 0. The number of rotatable bonds is 9. The molecule has 1 aromatic carbocycles. The molecule has 1 aliphatic rings. The van der Waals surface area contributed by atoms with Gasteiger partial charge in [-0.2, -0.15) is 0 Å². The van der Waals surface area contributed by atoms with E-state index >= 15 is 0 Å². The number of ketones is 1. The van der Waals surface area contributed by atoms with Crippen LogP contribution in [0, 0.1) is 0 Å². The van der Waals surface area contributed by atoms with Crippen molar-refractivity contribution in [3.8, 4) is 0 Å². The lowest BCUT2D eigenvalue weighted by Gasteiger charge is -2.44. The van der Waals surface area contributed by atoms with Gasteiger partial charge in [-0.05, 0) is 25.3 Å². The zero-order chi connectivity index (χ0) is 25.4. The minimum absolute atomic E-state index is 0.0499. The van der Waals surface area contributed by atoms with Gasteiger partial charge in [0.25, 0.3) is 0 Å². The summed E-state index contributed by atoms with van der Waals surface area (Å²) in [5.41, 5.74) is 1.48. The highest BCUT2D eigenvalue weighted by Gasteiger charge is 2.51. The van der Waals surface area contributed by atoms with E-state index in [9.17, 15) is 24.0 Å². The quantitative estimate of drug-likeness (QED) is 0.295. The van der Waals surface area contributed by atoms with Gasteiger partial charge in [-0.3, -0.25) is 24.0 Å². The predicted octanol–water partition coefficient (Wildman–Crippen LogP) is 1.95. The molecule has 34 heavy (non-hydrogen) atoms. The summed E-state index contributed by atoms with van der Waals surface area (Å²) >= 11 is 0. The monoisotopic (exact) mass is 478 g/mol. The van der Waals surface area contributed by atoms with Crippen molar-refractivity contribution in [1.29, 1.82) is 0 Å². The lowest BCUT2D eigenvalue weighted by molar-refractivity contribution is -0.253. The van der Waals surface area contributed by atoms with E-state index in [4.69, 9.17) is 23.7 Å². The van der Waals surface area contributed by atoms with Gasteiger partial charge in [0.05, 0.1) is 6.10 Å². The van der Waals surface area contributed by atoms with Gasteiger partial charge >= 0.3 is 23.9 Å². The Labute approximate surface area is 197 Å². The van der Waals surface area contributed by atoms with Crippen LogP contribution in [0.15, 0.2) is 24.3 Å². The summed E-state index contributed by atoms with van der Waals surface area (Å²) in [6, 6.07) is 7.04. The molecule has 0 saturated carbocycles. The van der Waals surface area contributed by atoms with Gasteiger partial charge in [-0.1, -0.05) is 24.3 Å². The van der Waals surface area contributed by atoms with Crippen LogP contribution in [0.25, 0.3) is 0 Å². The Morgan fingerprint density at radius 3 is 1.68 bits per heavy atom. The molecule has 0 aromatic heterocycles. The summed E-state index contributed by atoms with van der Waals surface area (Å²) in [4.78, 5) is 58.4. The molecule has 0 unspecified atom stereocenters. The second kappa shape index (κ2) is 12.3. The molecule has 10 heteroatoms. The van der Waals surface area contributed by atoms with Gasteiger partial charge in [0, 0.05) is 33.3 Å². The van der Waals surface area contributed by atoms with Gasteiger partial charge in [-0.15, -0.1) is 0 Å². The van der Waals surface area contributed by atoms with E-state index in [0.29, 0.717) is 18.4 Å². The first-order valence-electron chi connectivity index (χ1n) is 10.9. The lowest BCUT2D eigenvalue weighted by Crippen LogP contribution is -2.62. The van der Waals surface area contributed by atoms with Crippen molar-refractivity contribution in [2.24, 2.45) is 0 Å². The van der Waals surface area contributed by atoms with Crippen molar-refractivity contribution in [3.05, 3.63) is 35.4 Å². The molecule has 0 spiro atoms. The first-order chi connectivity index (χ1) is 16.0. The fourth-order valence-electron chi connectivity index (χ4n) is 3.77. The van der Waals surface area contributed by atoms with Crippen LogP contribution in [0.1, 0.15) is 57.0 Å². The standard InChI is InChI=1S/C24H30O10/c1-13(25)19-9-6-18(7-10-19)8-11-20-22(31-15(3)27)24(33-17(5)29)23(32-16(4)28)21(34-20)12-30-14(2)26/h6-7,9-10,20-24H,8,11-12H2,1-5H3/t20-,21+,22-,23+,24+/m0/s1. The van der Waals surface area contributed by atoms with Gasteiger partial charge < -0.3 is 23.7 Å². The van der Waals surface area contributed by atoms with E-state index in [1.807, 2.05) is 12.1 Å². The SMILES string of the molecule is CC(=O)OC[C@H]1O[C@@H](CCc2ccc(C(C)=O)cc2)[C@H](OC(C)=O)[C@@H](OC(C)=O)[C@@H]1OC(C)=O. The van der Waals surface area contributed by atoms with Crippen molar-refractivity contribution >= 4 is 29.7 Å². The number of esters is 4. The molecular weight excluding hydrogens is 448 g/mol. The summed E-state index contributed by atoms with van der Waals surface area (Å²) < 4.78 is 27.4. The van der Waals surface area contributed by atoms with Crippen LogP contribution >= 0.6 is 0 Å². The van der Waals surface area contributed by atoms with Crippen molar-refractivity contribution in [3.63, 3.8) is 0 Å². The number of ether oxygens (including phenoxy) is 5. The third kappa shape index (κ3) is 7.95. The molecule has 1 aliphatic heterocycles. The van der Waals surface area contributed by atoms with Crippen LogP contribution in [-0.2, 0) is 49.3 Å². The first-order valence-corrected chi connectivity index (χ1v) is 10.9. The highest BCUT2D eigenvalue weighted by molar-refractivity contribution is 5.94. The molecule has 0 aliphatic carbocycles. The van der Waals surface area contributed by atoms with E-state index in [1.54, 1.807) is 12.1 Å². The molecule has 1 heterocycles. The predicted molar refractivity (Wildman–Crippen MR) is 117 cm³/mol. The molecule has 0 N–H and O–H groups in total. The Hall–Kier alpha value is -3.27. The van der Waals surface area contributed by atoms with E-state index < -0.39 is 54.4 Å². The van der Waals surface area contributed by atoms with E-state index in [-0.39, 0.29) is 12.4 Å². The number of carbonyl (C=O) groups is 5. The van der Waals surface area contributed by atoms with E-state index in [2.05, 4.69) is 0 Å². The average molecular weight is 478 g/mol. The van der Waals surface area contributed by atoms with Crippen LogP contribution in [0.4, 0.5) is 0 Å². The molecule has 10 nitrogen and oxygen atoms in total. The van der Waals surface area contributed by atoms with Crippen LogP contribution in [-0.4, -0.2) is 66.8 Å². The second-order valence-electron chi connectivity index (χ2n) is 8.03. The Morgan fingerprint density at radius 1 is 0.706 bits per heavy atom. The lowest BCUT2D eigenvalue weighted by atomic mass is 9.91. The molecular formula is C24H30O10. The highest BCUT2D eigenvalue weighted by atomic mass is 16.7. The van der Waals surface area contributed by atoms with E-state index in [1.165, 1.54) is 34.6 Å². The number of hydrogen-bond donors (Lipinski definition) is 0. The number of benzene rings is 1. The minimum Gasteiger partial charge on any atom is -0.463 e. The molecule has 1 saturated heterocycles. The summed E-state index contributed by atoms with van der Waals surface area (Å²) in [5, 5.41) is 0. The van der Waals surface area contributed by atoms with Crippen LogP contribution < -0.4 is 0 Å². The van der Waals surface area contributed by atoms with Gasteiger partial charge in [0.2, 0.25) is 0 Å². The smallest absolute Gasteiger partial charge is 0.303 e. The zero-order valence-electron chi connectivity index (χ0n) is 19.9. The largest absolute Gasteiger partial charge is 0.463 e. The fourth-order valence-corrected chi connectivity index (χ4v) is 3.77. The maximum absolute atomic E-state index is 11.9. The third-order valence-electron chi connectivity index (χ3n) is 5.17. The van der Waals surface area contributed by atoms with Crippen molar-refractivity contribution in [2.75, 3.05) is 6.61 Å². The third-order valence-corrected chi connectivity index (χ3v) is 5.17. The number of aryl methyl sites for hydroxylation is 1. The van der Waals surface area contributed by atoms with Crippen molar-refractivity contribution in [2.45, 2.75) is 78.0 Å². The Bertz CT molecular complexity index is 907. The van der Waals surface area contributed by atoms with Crippen molar-refractivity contribution < 1.29 is 47.7 Å². The zero-order valence-corrected chi connectivity index (χ0v) is 19.9. The summed E-state index contributed by atoms with van der Waals surface area (Å²) in [6.45, 7) is 5.99. The fraction of sp³-hybridized carbons (Fsp3) is 0.542. The molecule has 186 valence electrons. The Kier molecular flexibility index (Phi) is 9.73. The van der Waals surface area contributed by atoms with E-state index in [0.717, 1.165) is 5.56 Å². The van der Waals surface area contributed by atoms with Gasteiger partial charge in [0.15, 0.2) is 24.1 Å². The molecule has 2 rings (SSSR count). The Balaban J connectivity index is 2.34. The Morgan fingerprint density at radius 2 is 1.21 bits per heavy atom. The second-order valence-corrected chi connectivity index (χ2v) is 8.03. The molecule has 0 bridgehead atoms. The summed E-state index contributed by atoms with van der Waals surface area (Å²) in [6.07, 6.45) is -4.34. The maximum atomic E-state index is 11.9. The highest BCUT2D eigenvalue weighted by Crippen LogP contribution is 2.31. The molecule has 5 atom stereocenters. The van der Waals surface area contributed by atoms with Crippen LogP contribution in [0.5, 0.6) is 0 Å². The minimum atomic E-state index is -1.18. The topological polar surface area (TPSA) is 132 Å². The number of carbonyl (C=O) groups excluding carboxylic acids is 5. The van der Waals surface area contributed by atoms with Crippen molar-refractivity contribution in [1.82, 2.24) is 0 Å². The van der Waals surface area contributed by atoms with Crippen LogP contribution in [0.3, 0.4) is 0 Å². The normalized spacial score (nSPS) is 24.0. The molecule has 1 fully saturated rings. The van der Waals surface area contributed by atoms with Gasteiger partial charge in [0.1, 0.15) is 12.7 Å². The molecule has 0 amide bonds. The first kappa shape index (κ1) is 27.0. The maximum Gasteiger partial charge on any atom is 0.303 e. The average Bonchev–Trinajstić information content (AvgIpc) is 2.73. The van der Waals surface area contributed by atoms with Gasteiger partial charge in [-0.25, -0.2) is 0 Å².